The molecule has 0 bridgehead atoms. The van der Waals surface area contributed by atoms with Gasteiger partial charge in [0.25, 0.3) is 0 Å². The highest BCUT2D eigenvalue weighted by atomic mass is 16.5. The van der Waals surface area contributed by atoms with Crippen LogP contribution >= 0.6 is 0 Å². The number of ether oxygens (including phenoxy) is 1. The number of aromatic nitrogens is 1. The quantitative estimate of drug-likeness (QED) is 0.899. The maximum atomic E-state index is 12.6. The number of pyridine rings is 1. The van der Waals surface area contributed by atoms with Crippen molar-refractivity contribution in [2.75, 3.05) is 13.2 Å². The van der Waals surface area contributed by atoms with Crippen molar-refractivity contribution in [1.29, 1.82) is 5.26 Å². The summed E-state index contributed by atoms with van der Waals surface area (Å²) in [5.74, 6) is -0.00565. The van der Waals surface area contributed by atoms with Crippen molar-refractivity contribution in [2.24, 2.45) is 0 Å². The topological polar surface area (TPSA) is 75.0 Å². The van der Waals surface area contributed by atoms with Gasteiger partial charge in [0.05, 0.1) is 17.1 Å². The van der Waals surface area contributed by atoms with Gasteiger partial charge < -0.3 is 10.1 Å². The number of nitrogens with one attached hydrogen (secondary N) is 1. The second kappa shape index (κ2) is 7.67. The van der Waals surface area contributed by atoms with Crippen LogP contribution in [-0.4, -0.2) is 30.1 Å². The Bertz CT molecular complexity index is 816. The first-order valence-corrected chi connectivity index (χ1v) is 8.86. The Morgan fingerprint density at radius 3 is 2.73 bits per heavy atom. The molecule has 5 heteroatoms. The van der Waals surface area contributed by atoms with Crippen LogP contribution in [0.5, 0.6) is 0 Å². The van der Waals surface area contributed by atoms with E-state index in [0.29, 0.717) is 12.1 Å². The number of carbonyl (C=O) groups excluding carboxylic acids is 1. The summed E-state index contributed by atoms with van der Waals surface area (Å²) in [4.78, 5) is 16.7. The molecule has 1 aromatic carbocycles. The lowest BCUT2D eigenvalue weighted by Crippen LogP contribution is -2.43. The lowest BCUT2D eigenvalue weighted by molar-refractivity contribution is -0.126. The van der Waals surface area contributed by atoms with Crippen LogP contribution in [0.25, 0.3) is 11.1 Å². The van der Waals surface area contributed by atoms with Crippen LogP contribution in [0.15, 0.2) is 42.7 Å². The molecule has 134 valence electrons. The molecule has 1 aliphatic rings. The van der Waals surface area contributed by atoms with E-state index in [1.807, 2.05) is 44.2 Å². The van der Waals surface area contributed by atoms with Crippen LogP contribution in [0.3, 0.4) is 0 Å². The van der Waals surface area contributed by atoms with Crippen molar-refractivity contribution in [3.63, 3.8) is 0 Å². The molecular weight excluding hydrogens is 326 g/mol. The van der Waals surface area contributed by atoms with Gasteiger partial charge in [-0.1, -0.05) is 24.3 Å². The Balaban J connectivity index is 1.71. The molecule has 1 amide bonds. The van der Waals surface area contributed by atoms with Crippen LogP contribution in [-0.2, 0) is 14.9 Å². The average molecular weight is 349 g/mol. The van der Waals surface area contributed by atoms with Gasteiger partial charge in [-0.25, -0.2) is 0 Å². The lowest BCUT2D eigenvalue weighted by Gasteiger charge is -2.25. The molecule has 1 aliphatic heterocycles. The summed E-state index contributed by atoms with van der Waals surface area (Å²) in [6.07, 6.45) is 5.48. The second-order valence-electron chi connectivity index (χ2n) is 7.12. The second-order valence-corrected chi connectivity index (χ2v) is 7.12. The number of hydrogen-bond donors (Lipinski definition) is 1. The molecule has 1 fully saturated rings. The van der Waals surface area contributed by atoms with E-state index in [0.717, 1.165) is 36.1 Å². The molecule has 1 atom stereocenters. The van der Waals surface area contributed by atoms with Crippen molar-refractivity contribution < 1.29 is 9.53 Å². The fraction of sp³-hybridized carbons (Fsp3) is 0.381. The highest BCUT2D eigenvalue weighted by Gasteiger charge is 2.30. The fourth-order valence-electron chi connectivity index (χ4n) is 3.10. The minimum atomic E-state index is -0.635. The molecule has 1 N–H and O–H groups in total. The molecule has 1 saturated heterocycles. The molecule has 1 aromatic heterocycles. The number of hydrogen-bond acceptors (Lipinski definition) is 4. The van der Waals surface area contributed by atoms with E-state index < -0.39 is 5.41 Å². The minimum Gasteiger partial charge on any atom is -0.376 e. The monoisotopic (exact) mass is 349 g/mol. The number of amides is 1. The molecule has 5 nitrogen and oxygen atoms in total. The number of nitriles is 1. The van der Waals surface area contributed by atoms with Gasteiger partial charge in [-0.3, -0.25) is 9.78 Å². The van der Waals surface area contributed by atoms with Gasteiger partial charge in [0.1, 0.15) is 6.07 Å². The van der Waals surface area contributed by atoms with Crippen molar-refractivity contribution in [3.05, 3.63) is 53.9 Å². The summed E-state index contributed by atoms with van der Waals surface area (Å²) in [5.41, 5.74) is 2.69. The van der Waals surface area contributed by atoms with Crippen molar-refractivity contribution in [3.8, 4) is 17.2 Å². The zero-order chi connectivity index (χ0) is 18.6. The number of nitrogens with zero attached hydrogens (tertiary/aromatic N) is 2. The average Bonchev–Trinajstić information content (AvgIpc) is 3.19. The summed E-state index contributed by atoms with van der Waals surface area (Å²) >= 11 is 0. The molecule has 0 saturated carbocycles. The van der Waals surface area contributed by atoms with Gasteiger partial charge in [-0.15, -0.1) is 0 Å². The smallest absolute Gasteiger partial charge is 0.230 e. The standard InChI is InChI=1S/C21H23N3O2/c1-21(2,20(25)24-14-19-4-3-9-26-19)18-7-5-16(6-8-18)17-10-15(11-22)12-23-13-17/h5-8,10,12-13,19H,3-4,9,14H2,1-2H3,(H,24,25)/t19-/m0/s1. The van der Waals surface area contributed by atoms with Gasteiger partial charge in [0.15, 0.2) is 0 Å². The van der Waals surface area contributed by atoms with E-state index in [9.17, 15) is 4.79 Å². The third-order valence-electron chi connectivity index (χ3n) is 4.89. The van der Waals surface area contributed by atoms with Crippen LogP contribution in [0.2, 0.25) is 0 Å². The molecule has 0 spiro atoms. The molecule has 0 radical (unpaired) electrons. The lowest BCUT2D eigenvalue weighted by atomic mass is 9.83. The Morgan fingerprint density at radius 2 is 2.08 bits per heavy atom. The normalized spacial score (nSPS) is 16.9. The highest BCUT2D eigenvalue weighted by molar-refractivity contribution is 5.87. The van der Waals surface area contributed by atoms with E-state index in [1.54, 1.807) is 12.4 Å². The minimum absolute atomic E-state index is 0.00565. The number of rotatable bonds is 5. The molecule has 3 rings (SSSR count). The van der Waals surface area contributed by atoms with Gasteiger partial charge >= 0.3 is 0 Å². The van der Waals surface area contributed by atoms with E-state index in [1.165, 1.54) is 0 Å². The molecule has 2 heterocycles. The first kappa shape index (κ1) is 18.1. The predicted octanol–water partition coefficient (Wildman–Crippen LogP) is 3.19. The van der Waals surface area contributed by atoms with E-state index >= 15 is 0 Å². The van der Waals surface area contributed by atoms with Crippen molar-refractivity contribution >= 4 is 5.91 Å². The Kier molecular flexibility index (Phi) is 5.34. The Labute approximate surface area is 154 Å². The van der Waals surface area contributed by atoms with Gasteiger partial charge in [-0.2, -0.15) is 5.26 Å². The summed E-state index contributed by atoms with van der Waals surface area (Å²) in [6, 6.07) is 11.7. The largest absolute Gasteiger partial charge is 0.376 e. The van der Waals surface area contributed by atoms with E-state index in [2.05, 4.69) is 16.4 Å². The van der Waals surface area contributed by atoms with Crippen LogP contribution in [0.4, 0.5) is 0 Å². The zero-order valence-electron chi connectivity index (χ0n) is 15.2. The first-order valence-electron chi connectivity index (χ1n) is 8.86. The predicted molar refractivity (Wildman–Crippen MR) is 99.4 cm³/mol. The maximum Gasteiger partial charge on any atom is 0.230 e. The summed E-state index contributed by atoms with van der Waals surface area (Å²) < 4.78 is 5.56. The van der Waals surface area contributed by atoms with Gasteiger partial charge in [0.2, 0.25) is 5.91 Å². The van der Waals surface area contributed by atoms with Gasteiger partial charge in [0, 0.05) is 31.1 Å². The zero-order valence-corrected chi connectivity index (χ0v) is 15.2. The van der Waals surface area contributed by atoms with Crippen LogP contribution in [0, 0.1) is 11.3 Å². The molecule has 0 aliphatic carbocycles. The third-order valence-corrected chi connectivity index (χ3v) is 4.89. The van der Waals surface area contributed by atoms with Crippen molar-refractivity contribution in [2.45, 2.75) is 38.2 Å². The van der Waals surface area contributed by atoms with E-state index in [4.69, 9.17) is 10.00 Å². The summed E-state index contributed by atoms with van der Waals surface area (Å²) in [5, 5.41) is 12.0. The van der Waals surface area contributed by atoms with Crippen molar-refractivity contribution in [1.82, 2.24) is 10.3 Å². The molecule has 0 unspecified atom stereocenters. The Morgan fingerprint density at radius 1 is 1.31 bits per heavy atom. The molecule has 2 aromatic rings. The highest BCUT2D eigenvalue weighted by Crippen LogP contribution is 2.27. The third kappa shape index (κ3) is 3.92. The first-order chi connectivity index (χ1) is 12.5. The number of carbonyl (C=O) groups is 1. The maximum absolute atomic E-state index is 12.6. The molecular formula is C21H23N3O2. The van der Waals surface area contributed by atoms with E-state index in [-0.39, 0.29) is 12.0 Å². The van der Waals surface area contributed by atoms with Crippen LogP contribution < -0.4 is 5.32 Å². The summed E-state index contributed by atoms with van der Waals surface area (Å²) in [6.45, 7) is 5.19. The number of benzene rings is 1. The molecule has 26 heavy (non-hydrogen) atoms. The fourth-order valence-corrected chi connectivity index (χ4v) is 3.10. The SMILES string of the molecule is CC(C)(C(=O)NC[C@@H]1CCCO1)c1ccc(-c2cncc(C#N)c2)cc1. The van der Waals surface area contributed by atoms with Crippen LogP contribution in [0.1, 0.15) is 37.8 Å². The Hall–Kier alpha value is -2.71. The van der Waals surface area contributed by atoms with Gasteiger partial charge in [-0.05, 0) is 43.9 Å². The summed E-state index contributed by atoms with van der Waals surface area (Å²) in [7, 11) is 0.